The maximum atomic E-state index is 11.7. The van der Waals surface area contributed by atoms with Crippen molar-refractivity contribution in [3.8, 4) is 0 Å². The summed E-state index contributed by atoms with van der Waals surface area (Å²) in [7, 11) is 3.10. The van der Waals surface area contributed by atoms with E-state index in [-0.39, 0.29) is 11.9 Å². The summed E-state index contributed by atoms with van der Waals surface area (Å²) in [6.07, 6.45) is 1.62. The van der Waals surface area contributed by atoms with E-state index in [1.54, 1.807) is 13.2 Å². The molecule has 0 saturated heterocycles. The van der Waals surface area contributed by atoms with E-state index in [2.05, 4.69) is 36.5 Å². The summed E-state index contributed by atoms with van der Waals surface area (Å²) in [4.78, 5) is 20.0. The van der Waals surface area contributed by atoms with Crippen molar-refractivity contribution in [2.45, 2.75) is 19.9 Å². The van der Waals surface area contributed by atoms with Gasteiger partial charge in [-0.15, -0.1) is 0 Å². The van der Waals surface area contributed by atoms with Gasteiger partial charge in [-0.05, 0) is 21.8 Å². The number of carbonyl (C=O) groups is 1. The second-order valence-corrected chi connectivity index (χ2v) is 4.88. The zero-order valence-electron chi connectivity index (χ0n) is 10.8. The molecule has 1 rings (SSSR count). The summed E-state index contributed by atoms with van der Waals surface area (Å²) in [5, 5.41) is 5.90. The van der Waals surface area contributed by atoms with Crippen LogP contribution < -0.4 is 10.6 Å². The molecule has 0 aromatic carbocycles. The lowest BCUT2D eigenvalue weighted by Crippen LogP contribution is -2.36. The quantitative estimate of drug-likeness (QED) is 0.808. The average molecular weight is 317 g/mol. The van der Waals surface area contributed by atoms with Crippen molar-refractivity contribution in [3.05, 3.63) is 10.7 Å². The van der Waals surface area contributed by atoms with Crippen molar-refractivity contribution in [3.63, 3.8) is 0 Å². The van der Waals surface area contributed by atoms with E-state index < -0.39 is 6.04 Å². The van der Waals surface area contributed by atoms with Gasteiger partial charge in [-0.25, -0.2) is 9.78 Å². The Kier molecular flexibility index (Phi) is 5.33. The second kappa shape index (κ2) is 6.53. The zero-order valence-corrected chi connectivity index (χ0v) is 12.4. The van der Waals surface area contributed by atoms with Gasteiger partial charge in [0.15, 0.2) is 0 Å². The van der Waals surface area contributed by atoms with Crippen LogP contribution in [0.2, 0.25) is 0 Å². The molecule has 0 spiro atoms. The van der Waals surface area contributed by atoms with E-state index in [1.165, 1.54) is 7.11 Å². The van der Waals surface area contributed by atoms with Gasteiger partial charge >= 0.3 is 5.97 Å². The summed E-state index contributed by atoms with van der Waals surface area (Å²) >= 11 is 3.34. The van der Waals surface area contributed by atoms with Crippen molar-refractivity contribution in [2.24, 2.45) is 5.92 Å². The number of rotatable bonds is 5. The normalized spacial score (nSPS) is 12.1. The Morgan fingerprint density at radius 2 is 2.17 bits per heavy atom. The SMILES string of the molecule is CNc1ncc(Br)c(NC(C(=O)OC)C(C)C)n1. The monoisotopic (exact) mass is 316 g/mol. The number of ether oxygens (including phenoxy) is 1. The first-order valence-electron chi connectivity index (χ1n) is 5.54. The molecule has 1 atom stereocenters. The molecule has 100 valence electrons. The fraction of sp³-hybridized carbons (Fsp3) is 0.545. The van der Waals surface area contributed by atoms with Gasteiger partial charge in [0.1, 0.15) is 11.9 Å². The third-order valence-corrected chi connectivity index (χ3v) is 2.96. The van der Waals surface area contributed by atoms with E-state index in [0.29, 0.717) is 16.2 Å². The molecular weight excluding hydrogens is 300 g/mol. The van der Waals surface area contributed by atoms with Gasteiger partial charge in [0.25, 0.3) is 0 Å². The molecule has 0 aliphatic heterocycles. The summed E-state index contributed by atoms with van der Waals surface area (Å²) in [6, 6.07) is -0.453. The van der Waals surface area contributed by atoms with Crippen LogP contribution in [0, 0.1) is 5.92 Å². The molecule has 0 aliphatic carbocycles. The van der Waals surface area contributed by atoms with Gasteiger partial charge in [-0.1, -0.05) is 13.8 Å². The van der Waals surface area contributed by atoms with Crippen LogP contribution in [0.5, 0.6) is 0 Å². The predicted octanol–water partition coefficient (Wildman–Crippen LogP) is 1.89. The zero-order chi connectivity index (χ0) is 13.7. The van der Waals surface area contributed by atoms with Crippen molar-refractivity contribution >= 4 is 33.7 Å². The molecule has 0 aliphatic rings. The molecule has 0 saturated carbocycles. The van der Waals surface area contributed by atoms with Crippen molar-refractivity contribution in [1.82, 2.24) is 9.97 Å². The largest absolute Gasteiger partial charge is 0.467 e. The highest BCUT2D eigenvalue weighted by Gasteiger charge is 2.24. The van der Waals surface area contributed by atoms with Crippen LogP contribution >= 0.6 is 15.9 Å². The second-order valence-electron chi connectivity index (χ2n) is 4.03. The van der Waals surface area contributed by atoms with Crippen LogP contribution in [0.1, 0.15) is 13.8 Å². The fourth-order valence-electron chi connectivity index (χ4n) is 1.36. The summed E-state index contributed by atoms with van der Waals surface area (Å²) in [5.41, 5.74) is 0. The van der Waals surface area contributed by atoms with Crippen molar-refractivity contribution in [1.29, 1.82) is 0 Å². The number of hydrogen-bond donors (Lipinski definition) is 2. The molecule has 1 aromatic heterocycles. The van der Waals surface area contributed by atoms with Crippen LogP contribution in [0.25, 0.3) is 0 Å². The lowest BCUT2D eigenvalue weighted by Gasteiger charge is -2.21. The molecule has 0 bridgehead atoms. The number of carbonyl (C=O) groups excluding carboxylic acids is 1. The summed E-state index contributed by atoms with van der Waals surface area (Å²) < 4.78 is 5.46. The lowest BCUT2D eigenvalue weighted by atomic mass is 10.0. The highest BCUT2D eigenvalue weighted by Crippen LogP contribution is 2.22. The Morgan fingerprint density at radius 3 is 2.67 bits per heavy atom. The number of nitrogens with one attached hydrogen (secondary N) is 2. The van der Waals surface area contributed by atoms with Gasteiger partial charge in [0.05, 0.1) is 11.6 Å². The van der Waals surface area contributed by atoms with E-state index in [9.17, 15) is 4.79 Å². The lowest BCUT2D eigenvalue weighted by molar-refractivity contribution is -0.142. The number of aromatic nitrogens is 2. The topological polar surface area (TPSA) is 76.1 Å². The van der Waals surface area contributed by atoms with Gasteiger partial charge in [-0.3, -0.25) is 0 Å². The first-order chi connectivity index (χ1) is 8.49. The highest BCUT2D eigenvalue weighted by molar-refractivity contribution is 9.10. The highest BCUT2D eigenvalue weighted by atomic mass is 79.9. The smallest absolute Gasteiger partial charge is 0.328 e. The predicted molar refractivity (Wildman–Crippen MR) is 73.5 cm³/mol. The molecule has 2 N–H and O–H groups in total. The molecule has 0 fully saturated rings. The van der Waals surface area contributed by atoms with Gasteiger partial charge < -0.3 is 15.4 Å². The number of esters is 1. The van der Waals surface area contributed by atoms with Crippen molar-refractivity contribution < 1.29 is 9.53 Å². The Hall–Kier alpha value is -1.37. The first-order valence-corrected chi connectivity index (χ1v) is 6.33. The molecule has 1 aromatic rings. The van der Waals surface area contributed by atoms with Crippen LogP contribution in [0.4, 0.5) is 11.8 Å². The first kappa shape index (κ1) is 14.7. The number of nitrogens with zero attached hydrogens (tertiary/aromatic N) is 2. The molecule has 6 nitrogen and oxygen atoms in total. The summed E-state index contributed by atoms with van der Waals surface area (Å²) in [5.74, 6) is 0.797. The van der Waals surface area contributed by atoms with Gasteiger partial charge in [-0.2, -0.15) is 4.98 Å². The maximum absolute atomic E-state index is 11.7. The molecular formula is C11H17BrN4O2. The number of halogens is 1. The standard InChI is InChI=1S/C11H17BrN4O2/c1-6(2)8(10(17)18-4)15-9-7(12)5-14-11(13-3)16-9/h5-6,8H,1-4H3,(H2,13,14,15,16). The van der Waals surface area contributed by atoms with Crippen LogP contribution in [-0.2, 0) is 9.53 Å². The molecule has 1 heterocycles. The fourth-order valence-corrected chi connectivity index (χ4v) is 1.67. The minimum atomic E-state index is -0.453. The van der Waals surface area contributed by atoms with E-state index in [0.717, 1.165) is 0 Å². The Balaban J connectivity index is 2.96. The van der Waals surface area contributed by atoms with E-state index in [1.807, 2.05) is 13.8 Å². The third-order valence-electron chi connectivity index (χ3n) is 2.38. The van der Waals surface area contributed by atoms with Crippen LogP contribution in [0.15, 0.2) is 10.7 Å². The average Bonchev–Trinajstić information content (AvgIpc) is 2.36. The number of methoxy groups -OCH3 is 1. The summed E-state index contributed by atoms with van der Waals surface area (Å²) in [6.45, 7) is 3.87. The van der Waals surface area contributed by atoms with E-state index in [4.69, 9.17) is 4.74 Å². The minimum absolute atomic E-state index is 0.0809. The number of anilines is 2. The third kappa shape index (κ3) is 3.56. The Bertz CT molecular complexity index is 426. The Morgan fingerprint density at radius 1 is 1.50 bits per heavy atom. The maximum Gasteiger partial charge on any atom is 0.328 e. The Labute approximate surface area is 115 Å². The molecule has 0 amide bonds. The van der Waals surface area contributed by atoms with E-state index >= 15 is 0 Å². The van der Waals surface area contributed by atoms with Gasteiger partial charge in [0, 0.05) is 13.2 Å². The van der Waals surface area contributed by atoms with Crippen molar-refractivity contribution in [2.75, 3.05) is 24.8 Å². The number of hydrogen-bond acceptors (Lipinski definition) is 6. The molecule has 18 heavy (non-hydrogen) atoms. The molecule has 1 unspecified atom stereocenters. The molecule has 7 heteroatoms. The molecule has 0 radical (unpaired) electrons. The minimum Gasteiger partial charge on any atom is -0.467 e. The van der Waals surface area contributed by atoms with Crippen LogP contribution in [0.3, 0.4) is 0 Å². The van der Waals surface area contributed by atoms with Crippen LogP contribution in [-0.4, -0.2) is 36.1 Å². The van der Waals surface area contributed by atoms with Gasteiger partial charge in [0.2, 0.25) is 5.95 Å².